The van der Waals surface area contributed by atoms with Crippen molar-refractivity contribution in [3.05, 3.63) is 23.9 Å². The van der Waals surface area contributed by atoms with E-state index in [0.717, 1.165) is 6.07 Å². The lowest BCUT2D eigenvalue weighted by molar-refractivity contribution is -0.141. The summed E-state index contributed by atoms with van der Waals surface area (Å²) in [6.45, 7) is 0.381. The maximum absolute atomic E-state index is 12.1. The molecule has 0 aliphatic carbocycles. The Morgan fingerprint density at radius 3 is 2.64 bits per heavy atom. The van der Waals surface area contributed by atoms with Crippen molar-refractivity contribution >= 4 is 0 Å². The van der Waals surface area contributed by atoms with Crippen LogP contribution in [0, 0.1) is 0 Å². The zero-order valence-electron chi connectivity index (χ0n) is 7.21. The molecule has 0 radical (unpaired) electrons. The Hall–Kier alpha value is -1.30. The molecule has 0 aliphatic rings. The summed E-state index contributed by atoms with van der Waals surface area (Å²) in [6, 6.07) is 3.47. The van der Waals surface area contributed by atoms with Crippen LogP contribution in [0.4, 0.5) is 13.2 Å². The van der Waals surface area contributed by atoms with Gasteiger partial charge < -0.3 is 10.5 Å². The molecule has 0 unspecified atom stereocenters. The number of alkyl halides is 3. The van der Waals surface area contributed by atoms with Crippen molar-refractivity contribution in [3.8, 4) is 5.88 Å². The topological polar surface area (TPSA) is 48.1 Å². The van der Waals surface area contributed by atoms with Gasteiger partial charge in [-0.05, 0) is 6.07 Å². The average molecular weight is 206 g/mol. The second-order valence-electron chi connectivity index (χ2n) is 2.50. The van der Waals surface area contributed by atoms with Crippen molar-refractivity contribution in [2.24, 2.45) is 5.73 Å². The summed E-state index contributed by atoms with van der Waals surface area (Å²) in [7, 11) is 0. The number of hydrogen-bond donors (Lipinski definition) is 1. The third-order valence-electron chi connectivity index (χ3n) is 1.38. The van der Waals surface area contributed by atoms with E-state index < -0.39 is 11.9 Å². The lowest BCUT2D eigenvalue weighted by Gasteiger charge is -2.07. The first kappa shape index (κ1) is 10.8. The highest BCUT2D eigenvalue weighted by atomic mass is 19.4. The van der Waals surface area contributed by atoms with Crippen molar-refractivity contribution in [1.82, 2.24) is 4.98 Å². The standard InChI is InChI=1S/C8H9F3N2O/c9-8(10,11)6-2-1-3-7(13-6)14-5-4-12/h1-3H,4-5,12H2. The van der Waals surface area contributed by atoms with Crippen LogP contribution in [-0.4, -0.2) is 18.1 Å². The van der Waals surface area contributed by atoms with Gasteiger partial charge in [0.25, 0.3) is 0 Å². The Balaban J connectivity index is 2.79. The third kappa shape index (κ3) is 2.88. The summed E-state index contributed by atoms with van der Waals surface area (Å²) < 4.78 is 41.3. The van der Waals surface area contributed by atoms with E-state index in [1.165, 1.54) is 12.1 Å². The minimum atomic E-state index is -4.44. The lowest BCUT2D eigenvalue weighted by atomic mass is 10.3. The number of halogens is 3. The first-order chi connectivity index (χ1) is 6.54. The van der Waals surface area contributed by atoms with E-state index in [1.54, 1.807) is 0 Å². The highest BCUT2D eigenvalue weighted by molar-refractivity contribution is 5.17. The highest BCUT2D eigenvalue weighted by Crippen LogP contribution is 2.28. The minimum absolute atomic E-state index is 0.0646. The van der Waals surface area contributed by atoms with Crippen LogP contribution < -0.4 is 10.5 Å². The molecule has 1 rings (SSSR count). The van der Waals surface area contributed by atoms with Crippen LogP contribution in [0.1, 0.15) is 5.69 Å². The summed E-state index contributed by atoms with van der Waals surface area (Å²) >= 11 is 0. The van der Waals surface area contributed by atoms with E-state index in [2.05, 4.69) is 4.98 Å². The maximum Gasteiger partial charge on any atom is 0.433 e. The number of aromatic nitrogens is 1. The molecule has 0 spiro atoms. The van der Waals surface area contributed by atoms with Gasteiger partial charge in [-0.3, -0.25) is 0 Å². The van der Waals surface area contributed by atoms with E-state index in [0.29, 0.717) is 0 Å². The van der Waals surface area contributed by atoms with Crippen molar-refractivity contribution in [2.75, 3.05) is 13.2 Å². The second-order valence-corrected chi connectivity index (χ2v) is 2.50. The molecule has 2 N–H and O–H groups in total. The normalized spacial score (nSPS) is 11.4. The fourth-order valence-electron chi connectivity index (χ4n) is 0.817. The van der Waals surface area contributed by atoms with E-state index in [1.807, 2.05) is 0 Å². The molecule has 78 valence electrons. The van der Waals surface area contributed by atoms with Gasteiger partial charge in [-0.15, -0.1) is 0 Å². The van der Waals surface area contributed by atoms with Crippen LogP contribution in [-0.2, 0) is 6.18 Å². The van der Waals surface area contributed by atoms with Crippen LogP contribution in [0.5, 0.6) is 5.88 Å². The van der Waals surface area contributed by atoms with Crippen molar-refractivity contribution in [3.63, 3.8) is 0 Å². The molecule has 0 aliphatic heterocycles. The van der Waals surface area contributed by atoms with Gasteiger partial charge in [-0.1, -0.05) is 6.07 Å². The zero-order chi connectivity index (χ0) is 10.6. The number of hydrogen-bond acceptors (Lipinski definition) is 3. The molecule has 0 aromatic carbocycles. The van der Waals surface area contributed by atoms with Crippen LogP contribution in [0.3, 0.4) is 0 Å². The fourth-order valence-corrected chi connectivity index (χ4v) is 0.817. The molecule has 14 heavy (non-hydrogen) atoms. The van der Waals surface area contributed by atoms with Crippen molar-refractivity contribution in [1.29, 1.82) is 0 Å². The van der Waals surface area contributed by atoms with Gasteiger partial charge in [0.05, 0.1) is 0 Å². The predicted octanol–water partition coefficient (Wildman–Crippen LogP) is 1.44. The van der Waals surface area contributed by atoms with Crippen molar-refractivity contribution < 1.29 is 17.9 Å². The van der Waals surface area contributed by atoms with E-state index in [9.17, 15) is 13.2 Å². The quantitative estimate of drug-likeness (QED) is 0.813. The minimum Gasteiger partial charge on any atom is -0.476 e. The predicted molar refractivity (Wildman–Crippen MR) is 43.8 cm³/mol. The van der Waals surface area contributed by atoms with Gasteiger partial charge in [0.15, 0.2) is 0 Å². The fraction of sp³-hybridized carbons (Fsp3) is 0.375. The van der Waals surface area contributed by atoms with E-state index in [4.69, 9.17) is 10.5 Å². The number of ether oxygens (including phenoxy) is 1. The van der Waals surface area contributed by atoms with E-state index >= 15 is 0 Å². The van der Waals surface area contributed by atoms with Crippen LogP contribution in [0.15, 0.2) is 18.2 Å². The summed E-state index contributed by atoms with van der Waals surface area (Å²) in [5.41, 5.74) is 4.16. The van der Waals surface area contributed by atoms with Gasteiger partial charge in [0.2, 0.25) is 5.88 Å². The number of pyridine rings is 1. The molecular formula is C8H9F3N2O. The molecule has 3 nitrogen and oxygen atoms in total. The zero-order valence-corrected chi connectivity index (χ0v) is 7.21. The molecule has 0 saturated heterocycles. The first-order valence-electron chi connectivity index (χ1n) is 3.91. The van der Waals surface area contributed by atoms with Crippen LogP contribution in [0.2, 0.25) is 0 Å². The molecular weight excluding hydrogens is 197 g/mol. The second kappa shape index (κ2) is 4.28. The summed E-state index contributed by atoms with van der Waals surface area (Å²) in [5.74, 6) is -0.0646. The van der Waals surface area contributed by atoms with Crippen LogP contribution >= 0.6 is 0 Å². The molecule has 1 heterocycles. The Morgan fingerprint density at radius 2 is 2.07 bits per heavy atom. The summed E-state index contributed by atoms with van der Waals surface area (Å²) in [4.78, 5) is 3.28. The van der Waals surface area contributed by atoms with Gasteiger partial charge >= 0.3 is 6.18 Å². The summed E-state index contributed by atoms with van der Waals surface area (Å²) in [6.07, 6.45) is -4.44. The Labute approximate surface area is 78.7 Å². The van der Waals surface area contributed by atoms with E-state index in [-0.39, 0.29) is 19.0 Å². The smallest absolute Gasteiger partial charge is 0.433 e. The number of rotatable bonds is 3. The molecule has 0 fully saturated rings. The molecule has 0 atom stereocenters. The summed E-state index contributed by atoms with van der Waals surface area (Å²) in [5, 5.41) is 0. The largest absolute Gasteiger partial charge is 0.476 e. The van der Waals surface area contributed by atoms with Gasteiger partial charge in [-0.25, -0.2) is 4.98 Å². The maximum atomic E-state index is 12.1. The molecule has 0 saturated carbocycles. The SMILES string of the molecule is NCCOc1cccc(C(F)(F)F)n1. The number of nitrogens with zero attached hydrogens (tertiary/aromatic N) is 1. The highest BCUT2D eigenvalue weighted by Gasteiger charge is 2.32. The molecule has 0 bridgehead atoms. The average Bonchev–Trinajstić information content (AvgIpc) is 2.14. The van der Waals surface area contributed by atoms with Crippen molar-refractivity contribution in [2.45, 2.75) is 6.18 Å². The molecule has 0 amide bonds. The molecule has 1 aromatic heterocycles. The first-order valence-corrected chi connectivity index (χ1v) is 3.91. The van der Waals surface area contributed by atoms with Gasteiger partial charge in [-0.2, -0.15) is 13.2 Å². The monoisotopic (exact) mass is 206 g/mol. The molecule has 1 aromatic rings. The van der Waals surface area contributed by atoms with Crippen LogP contribution in [0.25, 0.3) is 0 Å². The Morgan fingerprint density at radius 1 is 1.36 bits per heavy atom. The van der Waals surface area contributed by atoms with Gasteiger partial charge in [0.1, 0.15) is 12.3 Å². The Bertz CT molecular complexity index is 301. The molecule has 6 heteroatoms. The Kier molecular flexibility index (Phi) is 3.29. The number of nitrogens with two attached hydrogens (primary N) is 1. The lowest BCUT2D eigenvalue weighted by Crippen LogP contribution is -2.13. The third-order valence-corrected chi connectivity index (χ3v) is 1.38. The van der Waals surface area contributed by atoms with Gasteiger partial charge in [0, 0.05) is 12.6 Å².